The number of methoxy groups -OCH3 is 1. The first-order valence-electron chi connectivity index (χ1n) is 7.21. The Balaban J connectivity index is 0.00000529. The summed E-state index contributed by atoms with van der Waals surface area (Å²) in [7, 11) is 0.359. The molecule has 1 aromatic carbocycles. The van der Waals surface area contributed by atoms with Crippen molar-refractivity contribution < 1.29 is 30.0 Å². The van der Waals surface area contributed by atoms with Crippen LogP contribution in [0.1, 0.15) is 11.6 Å². The number of rotatable bonds is 9. The van der Waals surface area contributed by atoms with Crippen molar-refractivity contribution in [2.45, 2.75) is 6.04 Å². The predicted octanol–water partition coefficient (Wildman–Crippen LogP) is -0.985. The minimum Gasteiger partial charge on any atom is -1.00 e. The summed E-state index contributed by atoms with van der Waals surface area (Å²) in [6.07, 6.45) is 8.50. The second-order valence-corrected chi connectivity index (χ2v) is 7.53. The molecule has 0 bridgehead atoms. The normalized spacial score (nSPS) is 14.6. The van der Waals surface area contributed by atoms with Gasteiger partial charge in [-0.15, -0.1) is 6.42 Å². The van der Waals surface area contributed by atoms with E-state index in [-0.39, 0.29) is 18.4 Å². The molecular weight excluding hydrogens is 348 g/mol. The smallest absolute Gasteiger partial charge is 0.229 e. The fourth-order valence-electron chi connectivity index (χ4n) is 2.62. The largest absolute Gasteiger partial charge is 1.00 e. The Morgan fingerprint density at radius 1 is 1.50 bits per heavy atom. The molecule has 5 nitrogen and oxygen atoms in total. The SMILES string of the molecule is C#CC[N+](C)(CC=C)C(COC)c1cccc(NS(C)(=O)=O)c1.[Cl-]. The summed E-state index contributed by atoms with van der Waals surface area (Å²) >= 11 is 0. The van der Waals surface area contributed by atoms with Gasteiger partial charge in [-0.3, -0.25) is 4.72 Å². The third-order valence-corrected chi connectivity index (χ3v) is 4.26. The first-order valence-corrected chi connectivity index (χ1v) is 9.10. The molecule has 0 spiro atoms. The van der Waals surface area contributed by atoms with E-state index < -0.39 is 10.0 Å². The Kier molecular flexibility index (Phi) is 9.08. The quantitative estimate of drug-likeness (QED) is 0.344. The maximum atomic E-state index is 11.4. The highest BCUT2D eigenvalue weighted by Crippen LogP contribution is 2.29. The van der Waals surface area contributed by atoms with E-state index in [1.54, 1.807) is 13.2 Å². The molecule has 0 saturated carbocycles. The molecule has 1 N–H and O–H groups in total. The van der Waals surface area contributed by atoms with E-state index in [0.717, 1.165) is 11.8 Å². The van der Waals surface area contributed by atoms with Crippen LogP contribution < -0.4 is 17.1 Å². The van der Waals surface area contributed by atoms with Gasteiger partial charge in [0, 0.05) is 18.4 Å². The molecule has 0 fully saturated rings. The van der Waals surface area contributed by atoms with Crippen molar-refractivity contribution in [2.75, 3.05) is 44.8 Å². The Bertz CT molecular complexity index is 685. The molecule has 2 atom stereocenters. The van der Waals surface area contributed by atoms with E-state index >= 15 is 0 Å². The average Bonchev–Trinajstić information content (AvgIpc) is 2.43. The number of hydrogen-bond acceptors (Lipinski definition) is 3. The second-order valence-electron chi connectivity index (χ2n) is 5.78. The standard InChI is InChI=1S/C17H25N2O3S.ClH/c1-6-11-19(3,12-7-2)17(14-22-4)15-9-8-10-16(13-15)18-23(5,20)21;/h1,7-10,13,17-18H,2,11-12,14H2,3-5H3;1H/q+1;/p-1. The molecule has 0 heterocycles. The number of sulfonamides is 1. The molecular formula is C17H25ClN2O3S. The third kappa shape index (κ3) is 6.54. The van der Waals surface area contributed by atoms with Gasteiger partial charge in [-0.1, -0.05) is 18.7 Å². The first kappa shape index (κ1) is 22.5. The van der Waals surface area contributed by atoms with Crippen molar-refractivity contribution in [1.82, 2.24) is 0 Å². The molecule has 7 heteroatoms. The van der Waals surface area contributed by atoms with Crippen LogP contribution in [0.4, 0.5) is 5.69 Å². The average molecular weight is 373 g/mol. The van der Waals surface area contributed by atoms with Crippen LogP contribution in [0.3, 0.4) is 0 Å². The summed E-state index contributed by atoms with van der Waals surface area (Å²) in [5, 5.41) is 0. The van der Waals surface area contributed by atoms with Crippen LogP contribution in [0, 0.1) is 12.3 Å². The number of halogens is 1. The molecule has 0 saturated heterocycles. The molecule has 0 aliphatic heterocycles. The summed E-state index contributed by atoms with van der Waals surface area (Å²) in [5.74, 6) is 2.71. The van der Waals surface area contributed by atoms with Gasteiger partial charge in [-0.05, 0) is 24.1 Å². The highest BCUT2D eigenvalue weighted by Gasteiger charge is 2.32. The van der Waals surface area contributed by atoms with Gasteiger partial charge in [0.15, 0.2) is 0 Å². The van der Waals surface area contributed by atoms with E-state index in [9.17, 15) is 8.42 Å². The molecule has 1 aromatic rings. The lowest BCUT2D eigenvalue weighted by Gasteiger charge is -2.39. The van der Waals surface area contributed by atoms with Gasteiger partial charge < -0.3 is 21.6 Å². The second kappa shape index (κ2) is 9.70. The number of terminal acetylenes is 1. The molecule has 134 valence electrons. The van der Waals surface area contributed by atoms with Gasteiger partial charge in [0.25, 0.3) is 0 Å². The molecule has 0 aliphatic rings. The van der Waals surface area contributed by atoms with Crippen LogP contribution in [0.2, 0.25) is 0 Å². The predicted molar refractivity (Wildman–Crippen MR) is 94.5 cm³/mol. The number of quaternary nitrogens is 1. The van der Waals surface area contributed by atoms with E-state index in [2.05, 4.69) is 17.2 Å². The zero-order valence-electron chi connectivity index (χ0n) is 14.3. The summed E-state index contributed by atoms with van der Waals surface area (Å²) in [5.41, 5.74) is 1.48. The van der Waals surface area contributed by atoms with Crippen LogP contribution in [-0.4, -0.2) is 53.0 Å². The number of benzene rings is 1. The number of anilines is 1. The minimum atomic E-state index is -3.32. The fourth-order valence-corrected chi connectivity index (χ4v) is 3.18. The summed E-state index contributed by atoms with van der Waals surface area (Å²) < 4.78 is 31.3. The molecule has 0 aliphatic carbocycles. The van der Waals surface area contributed by atoms with Gasteiger partial charge in [0.05, 0.1) is 19.8 Å². The van der Waals surface area contributed by atoms with Crippen molar-refractivity contribution in [1.29, 1.82) is 0 Å². The molecule has 1 rings (SSSR count). The number of nitrogens with zero attached hydrogens (tertiary/aromatic N) is 1. The maximum absolute atomic E-state index is 11.4. The lowest BCUT2D eigenvalue weighted by atomic mass is 10.0. The van der Waals surface area contributed by atoms with E-state index in [4.69, 9.17) is 11.2 Å². The summed E-state index contributed by atoms with van der Waals surface area (Å²) in [6, 6.07) is 7.27. The number of nitrogens with one attached hydrogen (secondary N) is 1. The summed E-state index contributed by atoms with van der Waals surface area (Å²) in [4.78, 5) is 0. The molecule has 0 aromatic heterocycles. The monoisotopic (exact) mass is 372 g/mol. The molecule has 0 amide bonds. The topological polar surface area (TPSA) is 55.4 Å². The highest BCUT2D eigenvalue weighted by molar-refractivity contribution is 7.92. The van der Waals surface area contributed by atoms with Crippen molar-refractivity contribution in [3.8, 4) is 12.3 Å². The fraction of sp³-hybridized carbons (Fsp3) is 0.412. The van der Waals surface area contributed by atoms with Crippen molar-refractivity contribution in [3.63, 3.8) is 0 Å². The van der Waals surface area contributed by atoms with Crippen LogP contribution in [-0.2, 0) is 14.8 Å². The highest BCUT2D eigenvalue weighted by atomic mass is 35.5. The van der Waals surface area contributed by atoms with Gasteiger partial charge >= 0.3 is 0 Å². The zero-order valence-corrected chi connectivity index (χ0v) is 15.9. The van der Waals surface area contributed by atoms with Gasteiger partial charge in [-0.2, -0.15) is 0 Å². The van der Waals surface area contributed by atoms with Crippen LogP contribution in [0.25, 0.3) is 0 Å². The van der Waals surface area contributed by atoms with Gasteiger partial charge in [0.2, 0.25) is 10.0 Å². The molecule has 2 unspecified atom stereocenters. The first-order chi connectivity index (χ1) is 10.8. The Hall–Kier alpha value is -1.52. The molecule has 24 heavy (non-hydrogen) atoms. The third-order valence-electron chi connectivity index (χ3n) is 3.65. The number of hydrogen-bond donors (Lipinski definition) is 1. The molecule has 0 radical (unpaired) electrons. The van der Waals surface area contributed by atoms with E-state index in [0.29, 0.717) is 29.9 Å². The van der Waals surface area contributed by atoms with E-state index in [1.165, 1.54) is 0 Å². The maximum Gasteiger partial charge on any atom is 0.229 e. The number of likely N-dealkylation sites (N-methyl/N-ethyl adjacent to an activating group) is 1. The van der Waals surface area contributed by atoms with Gasteiger partial charge in [-0.25, -0.2) is 8.42 Å². The van der Waals surface area contributed by atoms with Crippen LogP contribution >= 0.6 is 0 Å². The van der Waals surface area contributed by atoms with Crippen molar-refractivity contribution in [3.05, 3.63) is 42.5 Å². The minimum absolute atomic E-state index is 0. The van der Waals surface area contributed by atoms with Crippen LogP contribution in [0.5, 0.6) is 0 Å². The summed E-state index contributed by atoms with van der Waals surface area (Å²) in [6.45, 7) is 5.48. The Morgan fingerprint density at radius 3 is 2.67 bits per heavy atom. The lowest BCUT2D eigenvalue weighted by molar-refractivity contribution is -0.928. The lowest BCUT2D eigenvalue weighted by Crippen LogP contribution is -3.00. The Labute approximate surface area is 151 Å². The van der Waals surface area contributed by atoms with Gasteiger partial charge in [0.1, 0.15) is 19.2 Å². The Morgan fingerprint density at radius 2 is 2.17 bits per heavy atom. The zero-order chi connectivity index (χ0) is 17.5. The van der Waals surface area contributed by atoms with Crippen LogP contribution in [0.15, 0.2) is 36.9 Å². The van der Waals surface area contributed by atoms with E-state index in [1.807, 2.05) is 31.3 Å². The van der Waals surface area contributed by atoms with Crippen molar-refractivity contribution >= 4 is 15.7 Å². The number of ether oxygens (including phenoxy) is 1. The van der Waals surface area contributed by atoms with Crippen molar-refractivity contribution in [2.24, 2.45) is 0 Å².